The van der Waals surface area contributed by atoms with Crippen molar-refractivity contribution in [3.8, 4) is 0 Å². The summed E-state index contributed by atoms with van der Waals surface area (Å²) in [7, 11) is 0. The molecule has 0 aliphatic heterocycles. The summed E-state index contributed by atoms with van der Waals surface area (Å²) in [4.78, 5) is 0. The molecule has 0 amide bonds. The third-order valence-electron chi connectivity index (χ3n) is 3.91. The van der Waals surface area contributed by atoms with Crippen molar-refractivity contribution in [3.05, 3.63) is 23.8 Å². The SMILES string of the molecule is C1=CCCCCCCCC2CCCC2=C1. The Morgan fingerprint density at radius 1 is 0.867 bits per heavy atom. The van der Waals surface area contributed by atoms with E-state index in [1.54, 1.807) is 5.57 Å². The van der Waals surface area contributed by atoms with Gasteiger partial charge in [0.25, 0.3) is 0 Å². The van der Waals surface area contributed by atoms with Gasteiger partial charge in [0.1, 0.15) is 0 Å². The van der Waals surface area contributed by atoms with Gasteiger partial charge in [0.05, 0.1) is 0 Å². The van der Waals surface area contributed by atoms with E-state index in [2.05, 4.69) is 18.2 Å². The maximum absolute atomic E-state index is 2.42. The van der Waals surface area contributed by atoms with Gasteiger partial charge in [-0.05, 0) is 44.4 Å². The van der Waals surface area contributed by atoms with E-state index in [0.717, 1.165) is 5.92 Å². The minimum atomic E-state index is 0.939. The van der Waals surface area contributed by atoms with Crippen LogP contribution in [0.25, 0.3) is 0 Å². The second kappa shape index (κ2) is 6.15. The Hall–Kier alpha value is -0.520. The van der Waals surface area contributed by atoms with Gasteiger partial charge in [0, 0.05) is 0 Å². The van der Waals surface area contributed by atoms with Crippen LogP contribution in [0.4, 0.5) is 0 Å². The van der Waals surface area contributed by atoms with Crippen LogP contribution in [0, 0.1) is 5.92 Å². The smallest absolute Gasteiger partial charge is 0.0200 e. The van der Waals surface area contributed by atoms with Crippen molar-refractivity contribution in [1.29, 1.82) is 0 Å². The van der Waals surface area contributed by atoms with E-state index in [1.165, 1.54) is 64.2 Å². The Bertz CT molecular complexity index is 234. The second-order valence-electron chi connectivity index (χ2n) is 5.10. The number of fused-ring (bicyclic) bond motifs is 1. The number of rotatable bonds is 0. The fourth-order valence-electron chi connectivity index (χ4n) is 2.96. The van der Waals surface area contributed by atoms with Crippen LogP contribution in [-0.2, 0) is 0 Å². The molecular formula is C15H24. The van der Waals surface area contributed by atoms with E-state index < -0.39 is 0 Å². The highest BCUT2D eigenvalue weighted by molar-refractivity contribution is 5.18. The molecule has 84 valence electrons. The van der Waals surface area contributed by atoms with Crippen LogP contribution >= 0.6 is 0 Å². The molecule has 1 fully saturated rings. The lowest BCUT2D eigenvalue weighted by atomic mass is 9.94. The highest BCUT2D eigenvalue weighted by Crippen LogP contribution is 2.35. The third-order valence-corrected chi connectivity index (χ3v) is 3.91. The summed E-state index contributed by atoms with van der Waals surface area (Å²) in [5, 5.41) is 0. The van der Waals surface area contributed by atoms with Crippen molar-refractivity contribution in [3.63, 3.8) is 0 Å². The molecule has 0 bridgehead atoms. The van der Waals surface area contributed by atoms with Crippen LogP contribution in [0.1, 0.15) is 64.2 Å². The largest absolute Gasteiger partial charge is 0.0845 e. The Kier molecular flexibility index (Phi) is 4.50. The zero-order valence-electron chi connectivity index (χ0n) is 9.88. The molecule has 0 saturated heterocycles. The molecule has 0 nitrogen and oxygen atoms in total. The molecule has 1 saturated carbocycles. The van der Waals surface area contributed by atoms with E-state index >= 15 is 0 Å². The maximum Gasteiger partial charge on any atom is -0.0200 e. The summed E-state index contributed by atoms with van der Waals surface area (Å²) in [6, 6.07) is 0. The Morgan fingerprint density at radius 3 is 2.67 bits per heavy atom. The lowest BCUT2D eigenvalue weighted by Crippen LogP contribution is -1.97. The molecule has 0 radical (unpaired) electrons. The first kappa shape index (κ1) is 11.0. The van der Waals surface area contributed by atoms with Crippen LogP contribution in [0.5, 0.6) is 0 Å². The number of hydrogen-bond donors (Lipinski definition) is 0. The topological polar surface area (TPSA) is 0 Å². The molecule has 2 aliphatic rings. The molecule has 0 spiro atoms. The molecule has 2 rings (SSSR count). The predicted octanol–water partition coefficient (Wildman–Crippen LogP) is 5.01. The molecule has 1 unspecified atom stereocenters. The van der Waals surface area contributed by atoms with Crippen molar-refractivity contribution in [1.82, 2.24) is 0 Å². The molecular weight excluding hydrogens is 180 g/mol. The van der Waals surface area contributed by atoms with Crippen LogP contribution in [0.2, 0.25) is 0 Å². The standard InChI is InChI=1S/C15H24/c1-2-4-6-8-11-15-13-9-12-14(15)10-7-5-3-1/h5,7,10,15H,1-4,6,8-9,11-13H2. The first-order chi connectivity index (χ1) is 7.47. The molecule has 15 heavy (non-hydrogen) atoms. The molecule has 0 aromatic heterocycles. The van der Waals surface area contributed by atoms with Gasteiger partial charge >= 0.3 is 0 Å². The van der Waals surface area contributed by atoms with E-state index in [0.29, 0.717) is 0 Å². The number of hydrogen-bond acceptors (Lipinski definition) is 0. The summed E-state index contributed by atoms with van der Waals surface area (Å²) < 4.78 is 0. The summed E-state index contributed by atoms with van der Waals surface area (Å²) >= 11 is 0. The first-order valence-electron chi connectivity index (χ1n) is 6.82. The van der Waals surface area contributed by atoms with Gasteiger partial charge in [-0.1, -0.05) is 49.5 Å². The highest BCUT2D eigenvalue weighted by atomic mass is 14.2. The van der Waals surface area contributed by atoms with Gasteiger partial charge in [-0.25, -0.2) is 0 Å². The van der Waals surface area contributed by atoms with Crippen LogP contribution in [0.15, 0.2) is 23.8 Å². The molecule has 2 aliphatic carbocycles. The van der Waals surface area contributed by atoms with Crippen molar-refractivity contribution in [2.24, 2.45) is 5.92 Å². The summed E-state index contributed by atoms with van der Waals surface area (Å²) in [5.41, 5.74) is 1.74. The van der Waals surface area contributed by atoms with Crippen LogP contribution in [-0.4, -0.2) is 0 Å². The van der Waals surface area contributed by atoms with Crippen molar-refractivity contribution in [2.75, 3.05) is 0 Å². The molecule has 0 N–H and O–H groups in total. The normalized spacial score (nSPS) is 28.8. The predicted molar refractivity (Wildman–Crippen MR) is 66.9 cm³/mol. The fourth-order valence-corrected chi connectivity index (χ4v) is 2.96. The molecule has 0 heterocycles. The zero-order valence-corrected chi connectivity index (χ0v) is 9.88. The Balaban J connectivity index is 1.95. The molecule has 0 aromatic carbocycles. The minimum Gasteiger partial charge on any atom is -0.0845 e. The molecule has 1 atom stereocenters. The Labute approximate surface area is 94.5 Å². The first-order valence-corrected chi connectivity index (χ1v) is 6.82. The maximum atomic E-state index is 2.42. The summed E-state index contributed by atoms with van der Waals surface area (Å²) in [6.45, 7) is 0. The van der Waals surface area contributed by atoms with Gasteiger partial charge in [-0.15, -0.1) is 0 Å². The van der Waals surface area contributed by atoms with Crippen molar-refractivity contribution < 1.29 is 0 Å². The second-order valence-corrected chi connectivity index (χ2v) is 5.10. The molecule has 0 heteroatoms. The quantitative estimate of drug-likeness (QED) is 0.520. The number of allylic oxidation sites excluding steroid dienone is 4. The van der Waals surface area contributed by atoms with Crippen molar-refractivity contribution in [2.45, 2.75) is 64.2 Å². The van der Waals surface area contributed by atoms with Crippen LogP contribution in [0.3, 0.4) is 0 Å². The lowest BCUT2D eigenvalue weighted by molar-refractivity contribution is 0.509. The average Bonchev–Trinajstić information content (AvgIpc) is 2.65. The van der Waals surface area contributed by atoms with Crippen LogP contribution < -0.4 is 0 Å². The molecule has 0 aromatic rings. The van der Waals surface area contributed by atoms with E-state index in [4.69, 9.17) is 0 Å². The third kappa shape index (κ3) is 3.52. The Morgan fingerprint density at radius 2 is 1.67 bits per heavy atom. The summed E-state index contributed by atoms with van der Waals surface area (Å²) in [5.74, 6) is 0.939. The van der Waals surface area contributed by atoms with Crippen molar-refractivity contribution >= 4 is 0 Å². The van der Waals surface area contributed by atoms with Gasteiger partial charge in [-0.2, -0.15) is 0 Å². The summed E-state index contributed by atoms with van der Waals surface area (Å²) in [6.07, 6.45) is 21.3. The zero-order chi connectivity index (χ0) is 10.3. The minimum absolute atomic E-state index is 0.939. The lowest BCUT2D eigenvalue weighted by Gasteiger charge is -2.12. The van der Waals surface area contributed by atoms with Gasteiger partial charge in [-0.3, -0.25) is 0 Å². The van der Waals surface area contributed by atoms with Gasteiger partial charge < -0.3 is 0 Å². The van der Waals surface area contributed by atoms with E-state index in [9.17, 15) is 0 Å². The fraction of sp³-hybridized carbons (Fsp3) is 0.733. The van der Waals surface area contributed by atoms with Gasteiger partial charge in [0.15, 0.2) is 0 Å². The monoisotopic (exact) mass is 204 g/mol. The van der Waals surface area contributed by atoms with E-state index in [1.807, 2.05) is 0 Å². The van der Waals surface area contributed by atoms with Gasteiger partial charge in [0.2, 0.25) is 0 Å². The average molecular weight is 204 g/mol. The highest BCUT2D eigenvalue weighted by Gasteiger charge is 2.19. The van der Waals surface area contributed by atoms with E-state index in [-0.39, 0.29) is 0 Å².